The van der Waals surface area contributed by atoms with Crippen LogP contribution in [0.2, 0.25) is 0 Å². The topological polar surface area (TPSA) is 73.6 Å². The molecule has 2 heterocycles. The number of morpholine rings is 1. The van der Waals surface area contributed by atoms with E-state index in [1.54, 1.807) is 12.1 Å². The molecule has 0 N–H and O–H groups in total. The highest BCUT2D eigenvalue weighted by Gasteiger charge is 2.42. The molecule has 0 saturated carbocycles. The minimum Gasteiger partial charge on any atom is -0.375 e. The standard InChI is InChI=1S/C15H19N3O3S/c1-17-7-6-14-13(11-17)18(8-9-21-14)22(19,20)15-5-3-2-4-12(15)10-16/h2-5,13-14H,6-9,11H2,1H3. The van der Waals surface area contributed by atoms with E-state index < -0.39 is 10.0 Å². The van der Waals surface area contributed by atoms with Crippen LogP contribution in [0.4, 0.5) is 0 Å². The molecule has 2 aliphatic rings. The molecule has 2 atom stereocenters. The van der Waals surface area contributed by atoms with E-state index in [2.05, 4.69) is 4.90 Å². The van der Waals surface area contributed by atoms with Crippen molar-refractivity contribution in [2.75, 3.05) is 33.3 Å². The third kappa shape index (κ3) is 2.63. The molecule has 0 spiro atoms. The zero-order valence-corrected chi connectivity index (χ0v) is 13.3. The Morgan fingerprint density at radius 2 is 2.09 bits per heavy atom. The van der Waals surface area contributed by atoms with Gasteiger partial charge in [0, 0.05) is 19.6 Å². The van der Waals surface area contributed by atoms with E-state index in [-0.39, 0.29) is 22.6 Å². The second kappa shape index (κ2) is 5.97. The first-order chi connectivity index (χ1) is 10.5. The Morgan fingerprint density at radius 1 is 1.32 bits per heavy atom. The molecule has 0 bridgehead atoms. The van der Waals surface area contributed by atoms with Gasteiger partial charge in [0.25, 0.3) is 0 Å². The van der Waals surface area contributed by atoms with E-state index in [1.165, 1.54) is 16.4 Å². The van der Waals surface area contributed by atoms with Gasteiger partial charge in [0.1, 0.15) is 6.07 Å². The zero-order chi connectivity index (χ0) is 15.7. The summed E-state index contributed by atoms with van der Waals surface area (Å²) in [6.45, 7) is 2.29. The molecule has 2 fully saturated rings. The Balaban J connectivity index is 1.99. The summed E-state index contributed by atoms with van der Waals surface area (Å²) in [6, 6.07) is 8.15. The molecule has 2 saturated heterocycles. The molecule has 118 valence electrons. The van der Waals surface area contributed by atoms with Gasteiger partial charge >= 0.3 is 0 Å². The number of hydrogen-bond acceptors (Lipinski definition) is 5. The second-order valence-corrected chi connectivity index (χ2v) is 7.61. The van der Waals surface area contributed by atoms with Crippen LogP contribution < -0.4 is 0 Å². The van der Waals surface area contributed by atoms with Crippen LogP contribution in [0, 0.1) is 11.3 Å². The van der Waals surface area contributed by atoms with Crippen LogP contribution in [0.15, 0.2) is 29.2 Å². The van der Waals surface area contributed by atoms with E-state index in [0.29, 0.717) is 19.7 Å². The van der Waals surface area contributed by atoms with E-state index >= 15 is 0 Å². The Bertz CT molecular complexity index is 698. The average Bonchev–Trinajstić information content (AvgIpc) is 2.54. The van der Waals surface area contributed by atoms with Gasteiger partial charge in [-0.05, 0) is 25.6 Å². The van der Waals surface area contributed by atoms with Gasteiger partial charge in [0.2, 0.25) is 10.0 Å². The van der Waals surface area contributed by atoms with Gasteiger partial charge in [-0.25, -0.2) is 8.42 Å². The first-order valence-corrected chi connectivity index (χ1v) is 8.79. The highest BCUT2D eigenvalue weighted by molar-refractivity contribution is 7.89. The molecule has 3 rings (SSSR count). The Morgan fingerprint density at radius 3 is 2.86 bits per heavy atom. The maximum absolute atomic E-state index is 13.0. The number of rotatable bonds is 2. The molecule has 2 aliphatic heterocycles. The van der Waals surface area contributed by atoms with Gasteiger partial charge in [-0.1, -0.05) is 12.1 Å². The molecule has 7 heteroatoms. The summed E-state index contributed by atoms with van der Waals surface area (Å²) in [6.07, 6.45) is 0.765. The highest BCUT2D eigenvalue weighted by Crippen LogP contribution is 2.29. The largest absolute Gasteiger partial charge is 0.375 e. The van der Waals surface area contributed by atoms with Crippen LogP contribution in [0.25, 0.3) is 0 Å². The summed E-state index contributed by atoms with van der Waals surface area (Å²) in [5, 5.41) is 9.19. The number of sulfonamides is 1. The zero-order valence-electron chi connectivity index (χ0n) is 12.5. The molecule has 2 unspecified atom stereocenters. The fourth-order valence-electron chi connectivity index (χ4n) is 3.21. The van der Waals surface area contributed by atoms with Gasteiger partial charge in [0.15, 0.2) is 0 Å². The summed E-state index contributed by atoms with van der Waals surface area (Å²) in [5.74, 6) is 0. The average molecular weight is 321 g/mol. The van der Waals surface area contributed by atoms with Crippen molar-refractivity contribution in [3.8, 4) is 6.07 Å². The van der Waals surface area contributed by atoms with Crippen molar-refractivity contribution in [2.24, 2.45) is 0 Å². The van der Waals surface area contributed by atoms with Gasteiger partial charge in [0.05, 0.1) is 29.2 Å². The van der Waals surface area contributed by atoms with Crippen LogP contribution in [0.3, 0.4) is 0 Å². The van der Waals surface area contributed by atoms with Crippen LogP contribution in [-0.2, 0) is 14.8 Å². The summed E-state index contributed by atoms with van der Waals surface area (Å²) in [4.78, 5) is 2.21. The normalized spacial score (nSPS) is 27.1. The molecule has 1 aromatic rings. The maximum atomic E-state index is 13.0. The number of piperidine rings is 1. The molecular formula is C15H19N3O3S. The lowest BCUT2D eigenvalue weighted by Gasteiger charge is -2.45. The number of hydrogen-bond donors (Lipinski definition) is 0. The minimum atomic E-state index is -3.69. The van der Waals surface area contributed by atoms with Crippen LogP contribution in [-0.4, -0.2) is 63.1 Å². The summed E-state index contributed by atoms with van der Waals surface area (Å²) in [7, 11) is -1.71. The van der Waals surface area contributed by atoms with Crippen LogP contribution >= 0.6 is 0 Å². The predicted octanol–water partition coefficient (Wildman–Crippen LogP) is 0.652. The lowest BCUT2D eigenvalue weighted by atomic mass is 10.0. The molecule has 1 aromatic carbocycles. The summed E-state index contributed by atoms with van der Waals surface area (Å²) >= 11 is 0. The van der Waals surface area contributed by atoms with Crippen molar-refractivity contribution < 1.29 is 13.2 Å². The lowest BCUT2D eigenvalue weighted by Crippen LogP contribution is -2.60. The lowest BCUT2D eigenvalue weighted by molar-refractivity contribution is -0.0719. The first kappa shape index (κ1) is 15.4. The van der Waals surface area contributed by atoms with E-state index in [9.17, 15) is 13.7 Å². The highest BCUT2D eigenvalue weighted by atomic mass is 32.2. The van der Waals surface area contributed by atoms with Gasteiger partial charge in [-0.15, -0.1) is 0 Å². The number of nitriles is 1. The van der Waals surface area contributed by atoms with Crippen molar-refractivity contribution in [1.29, 1.82) is 5.26 Å². The van der Waals surface area contributed by atoms with Gasteiger partial charge in [-0.3, -0.25) is 0 Å². The smallest absolute Gasteiger partial charge is 0.244 e. The molecule has 0 aliphatic carbocycles. The summed E-state index contributed by atoms with van der Waals surface area (Å²) < 4.78 is 33.3. The van der Waals surface area contributed by atoms with E-state index in [1.807, 2.05) is 13.1 Å². The maximum Gasteiger partial charge on any atom is 0.244 e. The quantitative estimate of drug-likeness (QED) is 0.800. The minimum absolute atomic E-state index is 0.0611. The summed E-state index contributed by atoms with van der Waals surface area (Å²) in [5.41, 5.74) is 0.190. The van der Waals surface area contributed by atoms with E-state index in [4.69, 9.17) is 4.74 Å². The van der Waals surface area contributed by atoms with Crippen molar-refractivity contribution in [3.05, 3.63) is 29.8 Å². The first-order valence-electron chi connectivity index (χ1n) is 7.35. The molecule has 0 radical (unpaired) electrons. The molecule has 22 heavy (non-hydrogen) atoms. The fourth-order valence-corrected chi connectivity index (χ4v) is 4.98. The Hall–Kier alpha value is -1.46. The van der Waals surface area contributed by atoms with Crippen molar-refractivity contribution in [3.63, 3.8) is 0 Å². The van der Waals surface area contributed by atoms with Gasteiger partial charge in [-0.2, -0.15) is 9.57 Å². The fraction of sp³-hybridized carbons (Fsp3) is 0.533. The molecule has 0 aromatic heterocycles. The van der Waals surface area contributed by atoms with Crippen LogP contribution in [0.1, 0.15) is 12.0 Å². The molecule has 0 amide bonds. The number of likely N-dealkylation sites (tertiary alicyclic amines) is 1. The van der Waals surface area contributed by atoms with Crippen molar-refractivity contribution in [1.82, 2.24) is 9.21 Å². The monoisotopic (exact) mass is 321 g/mol. The number of nitrogens with zero attached hydrogens (tertiary/aromatic N) is 3. The predicted molar refractivity (Wildman–Crippen MR) is 80.7 cm³/mol. The third-order valence-electron chi connectivity index (χ3n) is 4.33. The molecular weight excluding hydrogens is 302 g/mol. The molecule has 6 nitrogen and oxygen atoms in total. The third-order valence-corrected chi connectivity index (χ3v) is 6.31. The Kier molecular flexibility index (Phi) is 4.19. The number of fused-ring (bicyclic) bond motifs is 1. The Labute approximate surface area is 130 Å². The number of benzene rings is 1. The van der Waals surface area contributed by atoms with Crippen molar-refractivity contribution >= 4 is 10.0 Å². The van der Waals surface area contributed by atoms with Gasteiger partial charge < -0.3 is 9.64 Å². The SMILES string of the molecule is CN1CCC2OCCN(S(=O)(=O)c3ccccc3C#N)C2C1. The van der Waals surface area contributed by atoms with E-state index in [0.717, 1.165) is 13.0 Å². The van der Waals surface area contributed by atoms with Crippen LogP contribution in [0.5, 0.6) is 0 Å². The number of likely N-dealkylation sites (N-methyl/N-ethyl adjacent to an activating group) is 1. The van der Waals surface area contributed by atoms with Crippen molar-refractivity contribution in [2.45, 2.75) is 23.5 Å². The second-order valence-electron chi connectivity index (χ2n) is 5.75. The number of ether oxygens (including phenoxy) is 1.